The highest BCUT2D eigenvalue weighted by atomic mass is 79.9. The minimum Gasteiger partial charge on any atom is -0.326 e. The highest BCUT2D eigenvalue weighted by Gasteiger charge is 2.66. The molecule has 5 aliphatic rings. The molecule has 6 atom stereocenters. The van der Waals surface area contributed by atoms with Crippen molar-refractivity contribution in [3.8, 4) is 0 Å². The van der Waals surface area contributed by atoms with Crippen LogP contribution in [0.1, 0.15) is 24.0 Å². The van der Waals surface area contributed by atoms with Crippen LogP contribution in [-0.2, 0) is 14.4 Å². The van der Waals surface area contributed by atoms with Crippen LogP contribution in [0.25, 0.3) is 0 Å². The van der Waals surface area contributed by atoms with Crippen molar-refractivity contribution >= 4 is 39.3 Å². The van der Waals surface area contributed by atoms with E-state index in [-0.39, 0.29) is 54.4 Å². The fourth-order valence-corrected chi connectivity index (χ4v) is 6.02. The molecule has 2 bridgehead atoms. The Morgan fingerprint density at radius 3 is 2.29 bits per heavy atom. The Bertz CT molecular complexity index is 904. The molecule has 0 aromatic heterocycles. The Hall–Kier alpha value is -1.95. The van der Waals surface area contributed by atoms with E-state index in [1.165, 1.54) is 4.90 Å². The highest BCUT2D eigenvalue weighted by Crippen LogP contribution is 2.65. The molecule has 5 nitrogen and oxygen atoms in total. The monoisotopic (exact) mass is 442 g/mol. The van der Waals surface area contributed by atoms with Crippen molar-refractivity contribution in [1.82, 2.24) is 4.90 Å². The lowest BCUT2D eigenvalue weighted by molar-refractivity contribution is -0.140. The van der Waals surface area contributed by atoms with Gasteiger partial charge in [-0.05, 0) is 67.2 Å². The number of amides is 3. The van der Waals surface area contributed by atoms with E-state index in [0.29, 0.717) is 11.8 Å². The molecule has 1 aliphatic heterocycles. The Labute approximate surface area is 172 Å². The molecule has 0 radical (unpaired) electrons. The summed E-state index contributed by atoms with van der Waals surface area (Å²) in [6.45, 7) is 4.12. The average Bonchev–Trinajstić information content (AvgIpc) is 3.46. The van der Waals surface area contributed by atoms with Gasteiger partial charge in [-0.2, -0.15) is 0 Å². The van der Waals surface area contributed by atoms with Crippen LogP contribution in [-0.4, -0.2) is 29.2 Å². The van der Waals surface area contributed by atoms with Crippen molar-refractivity contribution in [3.05, 3.63) is 39.9 Å². The number of carbonyl (C=O) groups is 3. The van der Waals surface area contributed by atoms with Gasteiger partial charge in [0, 0.05) is 23.1 Å². The van der Waals surface area contributed by atoms with Gasteiger partial charge in [0.1, 0.15) is 0 Å². The van der Waals surface area contributed by atoms with E-state index in [0.717, 1.165) is 27.7 Å². The number of allylic oxidation sites excluding steroid dienone is 2. The van der Waals surface area contributed by atoms with Crippen LogP contribution in [0, 0.1) is 49.4 Å². The molecule has 4 aliphatic carbocycles. The van der Waals surface area contributed by atoms with Gasteiger partial charge >= 0.3 is 0 Å². The number of likely N-dealkylation sites (tertiary alicyclic amines) is 1. The number of benzene rings is 1. The van der Waals surface area contributed by atoms with E-state index < -0.39 is 0 Å². The molecule has 146 valence electrons. The summed E-state index contributed by atoms with van der Waals surface area (Å²) in [6.07, 6.45) is 5.62. The number of nitrogens with one attached hydrogen (secondary N) is 1. The molecule has 6 heteroatoms. The molecule has 1 aromatic rings. The molecular formula is C22H23BrN2O3. The zero-order valence-corrected chi connectivity index (χ0v) is 17.5. The largest absolute Gasteiger partial charge is 0.326 e. The molecule has 3 fully saturated rings. The second-order valence-corrected chi connectivity index (χ2v) is 9.48. The van der Waals surface area contributed by atoms with Crippen LogP contribution in [0.5, 0.6) is 0 Å². The molecule has 1 heterocycles. The normalized spacial score (nSPS) is 34.5. The van der Waals surface area contributed by atoms with E-state index >= 15 is 0 Å². The van der Waals surface area contributed by atoms with Crippen molar-refractivity contribution in [3.63, 3.8) is 0 Å². The van der Waals surface area contributed by atoms with Gasteiger partial charge in [-0.15, -0.1) is 0 Å². The maximum atomic E-state index is 12.9. The van der Waals surface area contributed by atoms with Crippen molar-refractivity contribution in [2.24, 2.45) is 35.5 Å². The molecule has 2 saturated carbocycles. The van der Waals surface area contributed by atoms with Crippen molar-refractivity contribution in [1.29, 1.82) is 0 Å². The van der Waals surface area contributed by atoms with Gasteiger partial charge in [0.25, 0.3) is 0 Å². The zero-order chi connectivity index (χ0) is 19.7. The summed E-state index contributed by atoms with van der Waals surface area (Å²) in [5, 5.41) is 2.92. The van der Waals surface area contributed by atoms with E-state index in [9.17, 15) is 14.4 Å². The summed E-state index contributed by atoms with van der Waals surface area (Å²) >= 11 is 3.49. The standard InChI is InChI=1S/C22H23BrN2O3/c1-10-11(2)17(6-5-16(10)23)24-18(26)7-8-25-21(27)19-12-3-4-13(15-9-14(12)15)20(19)22(25)28/h3-6,12-15,19-20H,7-9H2,1-2H3,(H,24,26)/t12-,13-,14-,15-,19-,20+/m1/s1. The number of anilines is 1. The second kappa shape index (κ2) is 6.28. The van der Waals surface area contributed by atoms with Crippen LogP contribution >= 0.6 is 15.9 Å². The summed E-state index contributed by atoms with van der Waals surface area (Å²) in [7, 11) is 0. The summed E-state index contributed by atoms with van der Waals surface area (Å²) in [5.41, 5.74) is 2.85. The first-order valence-electron chi connectivity index (χ1n) is 9.97. The van der Waals surface area contributed by atoms with E-state index in [1.54, 1.807) is 0 Å². The zero-order valence-electron chi connectivity index (χ0n) is 15.9. The number of halogens is 1. The summed E-state index contributed by atoms with van der Waals surface area (Å²) in [4.78, 5) is 39.7. The van der Waals surface area contributed by atoms with Crippen molar-refractivity contribution in [2.45, 2.75) is 26.7 Å². The van der Waals surface area contributed by atoms with E-state index in [4.69, 9.17) is 0 Å². The maximum absolute atomic E-state index is 12.9. The predicted octanol–water partition coefficient (Wildman–Crippen LogP) is 3.45. The van der Waals surface area contributed by atoms with E-state index in [2.05, 4.69) is 33.4 Å². The molecule has 6 rings (SSSR count). The van der Waals surface area contributed by atoms with Gasteiger partial charge in [0.2, 0.25) is 17.7 Å². The van der Waals surface area contributed by atoms with Gasteiger partial charge in [-0.25, -0.2) is 0 Å². The molecule has 28 heavy (non-hydrogen) atoms. The smallest absolute Gasteiger partial charge is 0.233 e. The van der Waals surface area contributed by atoms with Crippen LogP contribution in [0.4, 0.5) is 5.69 Å². The van der Waals surface area contributed by atoms with Crippen molar-refractivity contribution < 1.29 is 14.4 Å². The Balaban J connectivity index is 1.25. The third-order valence-corrected chi connectivity index (χ3v) is 8.17. The van der Waals surface area contributed by atoms with E-state index in [1.807, 2.05) is 26.0 Å². The summed E-state index contributed by atoms with van der Waals surface area (Å²) in [6, 6.07) is 3.77. The van der Waals surface area contributed by atoms with Crippen LogP contribution in [0.3, 0.4) is 0 Å². The molecule has 0 spiro atoms. The molecule has 3 amide bonds. The van der Waals surface area contributed by atoms with Crippen LogP contribution in [0.15, 0.2) is 28.8 Å². The van der Waals surface area contributed by atoms with Crippen molar-refractivity contribution in [2.75, 3.05) is 11.9 Å². The first-order chi connectivity index (χ1) is 13.4. The molecule has 1 N–H and O–H groups in total. The van der Waals surface area contributed by atoms with Crippen LogP contribution < -0.4 is 5.32 Å². The van der Waals surface area contributed by atoms with Crippen LogP contribution in [0.2, 0.25) is 0 Å². The summed E-state index contributed by atoms with van der Waals surface area (Å²) < 4.78 is 1.00. The van der Waals surface area contributed by atoms with Gasteiger partial charge in [0.05, 0.1) is 11.8 Å². The van der Waals surface area contributed by atoms with Gasteiger partial charge in [-0.1, -0.05) is 28.1 Å². The number of hydrogen-bond donors (Lipinski definition) is 1. The number of rotatable bonds is 4. The van der Waals surface area contributed by atoms with Gasteiger partial charge < -0.3 is 5.32 Å². The lowest BCUT2D eigenvalue weighted by atomic mass is 9.63. The SMILES string of the molecule is Cc1c(Br)ccc(NC(=O)CCN2C(=O)[C@@H]3[C@@H]4C=C[C@H]([C@H]5C[C@H]45)[C@@H]3C2=O)c1C. The lowest BCUT2D eigenvalue weighted by Crippen LogP contribution is -2.40. The fourth-order valence-electron chi connectivity index (χ4n) is 5.59. The number of imide groups is 1. The Morgan fingerprint density at radius 1 is 1.07 bits per heavy atom. The van der Waals surface area contributed by atoms with Gasteiger partial charge in [-0.3, -0.25) is 19.3 Å². The Morgan fingerprint density at radius 2 is 1.68 bits per heavy atom. The molecule has 0 unspecified atom stereocenters. The first-order valence-corrected chi connectivity index (χ1v) is 10.8. The minimum atomic E-state index is -0.189. The Kier molecular flexibility index (Phi) is 4.06. The third kappa shape index (κ3) is 2.53. The minimum absolute atomic E-state index is 0.0665. The molecule has 1 aromatic carbocycles. The lowest BCUT2D eigenvalue weighted by Gasteiger charge is -2.37. The first kappa shape index (κ1) is 18.1. The predicted molar refractivity (Wildman–Crippen MR) is 108 cm³/mol. The number of nitrogens with zero attached hydrogens (tertiary/aromatic N) is 1. The highest BCUT2D eigenvalue weighted by molar-refractivity contribution is 9.10. The number of carbonyl (C=O) groups excluding carboxylic acids is 3. The molecular weight excluding hydrogens is 420 g/mol. The average molecular weight is 443 g/mol. The fraction of sp³-hybridized carbons (Fsp3) is 0.500. The number of hydrogen-bond acceptors (Lipinski definition) is 3. The third-order valence-electron chi connectivity index (χ3n) is 7.31. The topological polar surface area (TPSA) is 66.5 Å². The maximum Gasteiger partial charge on any atom is 0.233 e. The summed E-state index contributed by atoms with van der Waals surface area (Å²) in [5.74, 6) is 0.957. The molecule has 1 saturated heterocycles. The quantitative estimate of drug-likeness (QED) is 0.573. The second-order valence-electron chi connectivity index (χ2n) is 8.63. The van der Waals surface area contributed by atoms with Gasteiger partial charge in [0.15, 0.2) is 0 Å².